The normalized spacial score (nSPS) is 32.8. The zero-order valence-corrected chi connectivity index (χ0v) is 12.1. The fourth-order valence-corrected chi connectivity index (χ4v) is 3.92. The molecule has 3 unspecified atom stereocenters. The van der Waals surface area contributed by atoms with Gasteiger partial charge in [0.1, 0.15) is 0 Å². The molecule has 1 spiro atoms. The Morgan fingerprint density at radius 3 is 3.16 bits per heavy atom. The molecule has 0 aromatic carbocycles. The Labute approximate surface area is 117 Å². The minimum atomic E-state index is -0.313. The second kappa shape index (κ2) is 5.48. The molecule has 106 valence electrons. The van der Waals surface area contributed by atoms with Gasteiger partial charge in [0.05, 0.1) is 23.3 Å². The van der Waals surface area contributed by atoms with Crippen molar-refractivity contribution in [3.63, 3.8) is 0 Å². The van der Waals surface area contributed by atoms with Crippen LogP contribution >= 0.6 is 11.3 Å². The maximum absolute atomic E-state index is 10.5. The Bertz CT molecular complexity index is 428. The van der Waals surface area contributed by atoms with Gasteiger partial charge in [0.25, 0.3) is 0 Å². The van der Waals surface area contributed by atoms with E-state index in [1.54, 1.807) is 11.3 Å². The molecule has 1 aromatic rings. The molecule has 0 amide bonds. The van der Waals surface area contributed by atoms with Crippen LogP contribution in [0.15, 0.2) is 5.38 Å². The Morgan fingerprint density at radius 1 is 1.58 bits per heavy atom. The Kier molecular flexibility index (Phi) is 3.89. The molecule has 5 heteroatoms. The topological polar surface area (TPSA) is 51.6 Å². The Hall–Kier alpha value is -0.490. The van der Waals surface area contributed by atoms with Crippen LogP contribution in [-0.4, -0.2) is 41.6 Å². The van der Waals surface area contributed by atoms with E-state index in [0.717, 1.165) is 43.2 Å². The number of aliphatic hydroxyl groups excluding tert-OH is 1. The van der Waals surface area contributed by atoms with Crippen molar-refractivity contribution in [1.29, 1.82) is 0 Å². The molecular weight excluding hydrogens is 262 g/mol. The molecule has 0 saturated carbocycles. The lowest BCUT2D eigenvalue weighted by Crippen LogP contribution is -2.44. The molecule has 4 nitrogen and oxygen atoms in total. The first kappa shape index (κ1) is 13.5. The highest BCUT2D eigenvalue weighted by atomic mass is 32.1. The Balaban J connectivity index is 1.61. The predicted octanol–water partition coefficient (Wildman–Crippen LogP) is 1.94. The van der Waals surface area contributed by atoms with Crippen molar-refractivity contribution in [2.24, 2.45) is 5.92 Å². The summed E-state index contributed by atoms with van der Waals surface area (Å²) in [6.45, 7) is 4.20. The summed E-state index contributed by atoms with van der Waals surface area (Å²) in [6.07, 6.45) is 3.17. The van der Waals surface area contributed by atoms with Gasteiger partial charge in [-0.15, -0.1) is 11.3 Å². The molecule has 3 rings (SSSR count). The largest absolute Gasteiger partial charge is 0.392 e. The molecule has 3 atom stereocenters. The lowest BCUT2D eigenvalue weighted by molar-refractivity contribution is -0.116. The van der Waals surface area contributed by atoms with Crippen molar-refractivity contribution in [3.8, 4) is 0 Å². The van der Waals surface area contributed by atoms with Crippen LogP contribution in [0.3, 0.4) is 0 Å². The molecule has 1 N–H and O–H groups in total. The molecule has 2 aliphatic heterocycles. The van der Waals surface area contributed by atoms with Crippen LogP contribution < -0.4 is 0 Å². The number of hydrogen-bond donors (Lipinski definition) is 1. The second-order valence-corrected chi connectivity index (χ2v) is 6.68. The van der Waals surface area contributed by atoms with Crippen LogP contribution in [0.4, 0.5) is 0 Å². The summed E-state index contributed by atoms with van der Waals surface area (Å²) >= 11 is 1.64. The van der Waals surface area contributed by atoms with E-state index in [9.17, 15) is 5.11 Å². The summed E-state index contributed by atoms with van der Waals surface area (Å²) in [6, 6.07) is 0. The summed E-state index contributed by atoms with van der Waals surface area (Å²) in [4.78, 5) is 4.44. The van der Waals surface area contributed by atoms with Crippen molar-refractivity contribution in [2.45, 2.75) is 44.3 Å². The van der Waals surface area contributed by atoms with Gasteiger partial charge < -0.3 is 14.6 Å². The highest BCUT2D eigenvalue weighted by Crippen LogP contribution is 2.37. The standard InChI is InChI=1S/C14H21NO3S/c1-10-8-19-13(15-10)6-12(16)11-2-4-18-14(7-11)3-5-17-9-14/h8,11-12,16H,2-7,9H2,1H3. The van der Waals surface area contributed by atoms with Gasteiger partial charge in [0.2, 0.25) is 0 Å². The lowest BCUT2D eigenvalue weighted by Gasteiger charge is -2.38. The molecule has 0 aliphatic carbocycles. The molecule has 19 heavy (non-hydrogen) atoms. The maximum Gasteiger partial charge on any atom is 0.0954 e. The number of rotatable bonds is 3. The van der Waals surface area contributed by atoms with Gasteiger partial charge in [0.15, 0.2) is 0 Å². The highest BCUT2D eigenvalue weighted by molar-refractivity contribution is 7.09. The molecular formula is C14H21NO3S. The summed E-state index contributed by atoms with van der Waals surface area (Å²) in [5.41, 5.74) is 0.919. The van der Waals surface area contributed by atoms with Crippen molar-refractivity contribution in [1.82, 2.24) is 4.98 Å². The Morgan fingerprint density at radius 2 is 2.47 bits per heavy atom. The van der Waals surface area contributed by atoms with Gasteiger partial charge in [-0.1, -0.05) is 0 Å². The van der Waals surface area contributed by atoms with Crippen LogP contribution in [0.5, 0.6) is 0 Å². The van der Waals surface area contributed by atoms with Gasteiger partial charge in [-0.05, 0) is 25.7 Å². The fraction of sp³-hybridized carbons (Fsp3) is 0.786. The number of aryl methyl sites for hydroxylation is 1. The number of ether oxygens (including phenoxy) is 2. The number of aromatic nitrogens is 1. The zero-order valence-electron chi connectivity index (χ0n) is 11.3. The maximum atomic E-state index is 10.5. The zero-order chi connectivity index (χ0) is 13.3. The fourth-order valence-electron chi connectivity index (χ4n) is 3.10. The van der Waals surface area contributed by atoms with E-state index in [4.69, 9.17) is 9.47 Å². The summed E-state index contributed by atoms with van der Waals surface area (Å²) in [7, 11) is 0. The summed E-state index contributed by atoms with van der Waals surface area (Å²) in [5.74, 6) is 0.305. The van der Waals surface area contributed by atoms with E-state index in [1.165, 1.54) is 0 Å². The quantitative estimate of drug-likeness (QED) is 0.921. The summed E-state index contributed by atoms with van der Waals surface area (Å²) < 4.78 is 11.4. The van der Waals surface area contributed by atoms with Crippen LogP contribution in [0.1, 0.15) is 30.0 Å². The third-order valence-corrected chi connectivity index (χ3v) is 5.18. The van der Waals surface area contributed by atoms with Gasteiger partial charge in [-0.25, -0.2) is 4.98 Å². The lowest BCUT2D eigenvalue weighted by atomic mass is 9.81. The van der Waals surface area contributed by atoms with E-state index in [1.807, 2.05) is 12.3 Å². The number of hydrogen-bond acceptors (Lipinski definition) is 5. The van der Waals surface area contributed by atoms with Gasteiger partial charge in [0, 0.05) is 37.1 Å². The molecule has 1 aromatic heterocycles. The molecule has 0 radical (unpaired) electrons. The van der Waals surface area contributed by atoms with Crippen LogP contribution in [0.2, 0.25) is 0 Å². The van der Waals surface area contributed by atoms with Crippen molar-refractivity contribution >= 4 is 11.3 Å². The molecule has 2 fully saturated rings. The first-order valence-electron chi connectivity index (χ1n) is 6.98. The summed E-state index contributed by atoms with van der Waals surface area (Å²) in [5, 5.41) is 13.5. The SMILES string of the molecule is Cc1csc(CC(O)C2CCOC3(CCOC3)C2)n1. The molecule has 2 saturated heterocycles. The van der Waals surface area contributed by atoms with Crippen LogP contribution in [0.25, 0.3) is 0 Å². The van der Waals surface area contributed by atoms with Crippen LogP contribution in [0, 0.1) is 12.8 Å². The average molecular weight is 283 g/mol. The molecule has 2 aliphatic rings. The van der Waals surface area contributed by atoms with Crippen LogP contribution in [-0.2, 0) is 15.9 Å². The van der Waals surface area contributed by atoms with E-state index in [2.05, 4.69) is 4.98 Å². The van der Waals surface area contributed by atoms with Gasteiger partial charge in [-0.2, -0.15) is 0 Å². The molecule has 0 bridgehead atoms. The monoisotopic (exact) mass is 283 g/mol. The number of thiazole rings is 1. The smallest absolute Gasteiger partial charge is 0.0954 e. The van der Waals surface area contributed by atoms with E-state index >= 15 is 0 Å². The minimum absolute atomic E-state index is 0.122. The number of nitrogens with zero attached hydrogens (tertiary/aromatic N) is 1. The molecule has 3 heterocycles. The van der Waals surface area contributed by atoms with Gasteiger partial charge in [-0.3, -0.25) is 0 Å². The average Bonchev–Trinajstić information content (AvgIpc) is 3.00. The second-order valence-electron chi connectivity index (χ2n) is 5.74. The highest BCUT2D eigenvalue weighted by Gasteiger charge is 2.42. The number of aliphatic hydroxyl groups is 1. The predicted molar refractivity (Wildman–Crippen MR) is 73.4 cm³/mol. The van der Waals surface area contributed by atoms with E-state index in [-0.39, 0.29) is 11.7 Å². The first-order valence-corrected chi connectivity index (χ1v) is 7.86. The van der Waals surface area contributed by atoms with Gasteiger partial charge >= 0.3 is 0 Å². The van der Waals surface area contributed by atoms with Crippen molar-refractivity contribution in [3.05, 3.63) is 16.1 Å². The van der Waals surface area contributed by atoms with Crippen molar-refractivity contribution < 1.29 is 14.6 Å². The third-order valence-electron chi connectivity index (χ3n) is 4.19. The van der Waals surface area contributed by atoms with Crippen molar-refractivity contribution in [2.75, 3.05) is 19.8 Å². The van der Waals surface area contributed by atoms with E-state index < -0.39 is 0 Å². The minimum Gasteiger partial charge on any atom is -0.392 e. The third kappa shape index (κ3) is 2.99. The first-order chi connectivity index (χ1) is 9.17. The van der Waals surface area contributed by atoms with E-state index in [0.29, 0.717) is 18.9 Å².